The zero-order valence-corrected chi connectivity index (χ0v) is 12.2. The summed E-state index contributed by atoms with van der Waals surface area (Å²) >= 11 is 0. The molecule has 2 heterocycles. The molecular formula is C15H26N2O2. The standard InChI is InChI=1S/C15H26N2O2/c1-3-13-12(6-9-19-13)10-17-11(2)16-15(14(17)18)7-4-5-8-15/h11-13,16H,3-10H2,1-2H3. The van der Waals surface area contributed by atoms with Crippen molar-refractivity contribution in [3.05, 3.63) is 0 Å². The molecule has 1 N–H and O–H groups in total. The number of carbonyl (C=O) groups is 1. The van der Waals surface area contributed by atoms with Crippen molar-refractivity contribution in [2.45, 2.75) is 70.2 Å². The molecule has 1 spiro atoms. The summed E-state index contributed by atoms with van der Waals surface area (Å²) in [7, 11) is 0. The first-order valence-corrected chi connectivity index (χ1v) is 7.86. The fourth-order valence-electron chi connectivity index (χ4n) is 4.17. The zero-order chi connectivity index (χ0) is 13.5. The van der Waals surface area contributed by atoms with Gasteiger partial charge in [0, 0.05) is 19.1 Å². The molecule has 1 amide bonds. The maximum Gasteiger partial charge on any atom is 0.244 e. The largest absolute Gasteiger partial charge is 0.378 e. The van der Waals surface area contributed by atoms with Crippen LogP contribution in [-0.2, 0) is 9.53 Å². The van der Waals surface area contributed by atoms with E-state index < -0.39 is 0 Å². The molecule has 1 saturated carbocycles. The molecule has 2 aliphatic heterocycles. The van der Waals surface area contributed by atoms with Crippen molar-refractivity contribution in [1.82, 2.24) is 10.2 Å². The average Bonchev–Trinajstić information content (AvgIpc) is 3.08. The highest BCUT2D eigenvalue weighted by molar-refractivity contribution is 5.89. The Morgan fingerprint density at radius 2 is 2.16 bits per heavy atom. The van der Waals surface area contributed by atoms with Gasteiger partial charge in [-0.1, -0.05) is 19.8 Å². The van der Waals surface area contributed by atoms with Gasteiger partial charge in [-0.15, -0.1) is 0 Å². The number of ether oxygens (including phenoxy) is 1. The lowest BCUT2D eigenvalue weighted by molar-refractivity contribution is -0.133. The Balaban J connectivity index is 1.69. The van der Waals surface area contributed by atoms with Gasteiger partial charge in [0.15, 0.2) is 0 Å². The first kappa shape index (κ1) is 13.4. The molecule has 19 heavy (non-hydrogen) atoms. The number of hydrogen-bond acceptors (Lipinski definition) is 3. The van der Waals surface area contributed by atoms with Gasteiger partial charge in [-0.3, -0.25) is 10.1 Å². The van der Waals surface area contributed by atoms with E-state index in [4.69, 9.17) is 4.74 Å². The summed E-state index contributed by atoms with van der Waals surface area (Å²) in [5, 5.41) is 3.57. The first-order chi connectivity index (χ1) is 9.16. The van der Waals surface area contributed by atoms with E-state index in [-0.39, 0.29) is 11.7 Å². The SMILES string of the molecule is CCC1OCCC1CN1C(=O)C2(CCCC2)NC1C. The third kappa shape index (κ3) is 2.19. The molecule has 3 fully saturated rings. The highest BCUT2D eigenvalue weighted by Gasteiger charge is 2.51. The van der Waals surface area contributed by atoms with E-state index in [0.717, 1.165) is 38.8 Å². The van der Waals surface area contributed by atoms with Gasteiger partial charge in [0.2, 0.25) is 5.91 Å². The molecule has 0 radical (unpaired) electrons. The minimum absolute atomic E-state index is 0.184. The number of carbonyl (C=O) groups excluding carboxylic acids is 1. The van der Waals surface area contributed by atoms with Gasteiger partial charge < -0.3 is 9.64 Å². The third-order valence-electron chi connectivity index (χ3n) is 5.26. The van der Waals surface area contributed by atoms with Crippen LogP contribution < -0.4 is 5.32 Å². The molecule has 0 bridgehead atoms. The summed E-state index contributed by atoms with van der Waals surface area (Å²) < 4.78 is 5.75. The lowest BCUT2D eigenvalue weighted by Crippen LogP contribution is -2.44. The van der Waals surface area contributed by atoms with Crippen LogP contribution in [0.5, 0.6) is 0 Å². The lowest BCUT2D eigenvalue weighted by atomic mass is 9.96. The van der Waals surface area contributed by atoms with Crippen molar-refractivity contribution in [2.75, 3.05) is 13.2 Å². The van der Waals surface area contributed by atoms with E-state index in [9.17, 15) is 4.79 Å². The van der Waals surface area contributed by atoms with Crippen molar-refractivity contribution in [3.63, 3.8) is 0 Å². The van der Waals surface area contributed by atoms with Crippen LogP contribution in [0.15, 0.2) is 0 Å². The smallest absolute Gasteiger partial charge is 0.244 e. The van der Waals surface area contributed by atoms with Crippen molar-refractivity contribution in [3.8, 4) is 0 Å². The maximum atomic E-state index is 12.7. The normalized spacial score (nSPS) is 37.7. The summed E-state index contributed by atoms with van der Waals surface area (Å²) in [6.07, 6.45) is 7.09. The van der Waals surface area contributed by atoms with E-state index in [1.165, 1.54) is 12.8 Å². The highest BCUT2D eigenvalue weighted by atomic mass is 16.5. The Morgan fingerprint density at radius 1 is 1.42 bits per heavy atom. The number of nitrogens with zero attached hydrogens (tertiary/aromatic N) is 1. The molecule has 3 aliphatic rings. The van der Waals surface area contributed by atoms with Crippen molar-refractivity contribution < 1.29 is 9.53 Å². The predicted octanol–water partition coefficient (Wildman–Crippen LogP) is 1.89. The van der Waals surface area contributed by atoms with Crippen LogP contribution in [0.1, 0.15) is 52.4 Å². The van der Waals surface area contributed by atoms with Gasteiger partial charge in [0.05, 0.1) is 17.8 Å². The predicted molar refractivity (Wildman–Crippen MR) is 73.6 cm³/mol. The zero-order valence-electron chi connectivity index (χ0n) is 12.2. The molecule has 108 valence electrons. The van der Waals surface area contributed by atoms with Gasteiger partial charge >= 0.3 is 0 Å². The topological polar surface area (TPSA) is 41.6 Å². The molecule has 0 aromatic heterocycles. The summed E-state index contributed by atoms with van der Waals surface area (Å²) in [6, 6.07) is 0. The second-order valence-corrected chi connectivity index (χ2v) is 6.43. The van der Waals surface area contributed by atoms with Crippen molar-refractivity contribution >= 4 is 5.91 Å². The molecule has 4 nitrogen and oxygen atoms in total. The maximum absolute atomic E-state index is 12.7. The Kier molecular flexibility index (Phi) is 3.56. The molecule has 3 rings (SSSR count). The van der Waals surface area contributed by atoms with E-state index >= 15 is 0 Å². The molecule has 3 unspecified atom stereocenters. The fourth-order valence-corrected chi connectivity index (χ4v) is 4.17. The quantitative estimate of drug-likeness (QED) is 0.848. The number of rotatable bonds is 3. The Morgan fingerprint density at radius 3 is 2.84 bits per heavy atom. The molecule has 1 aliphatic carbocycles. The number of nitrogens with one attached hydrogen (secondary N) is 1. The van der Waals surface area contributed by atoms with Crippen LogP contribution >= 0.6 is 0 Å². The van der Waals surface area contributed by atoms with Gasteiger partial charge in [-0.2, -0.15) is 0 Å². The van der Waals surface area contributed by atoms with Crippen LogP contribution in [-0.4, -0.2) is 41.8 Å². The molecule has 0 aromatic carbocycles. The summed E-state index contributed by atoms with van der Waals surface area (Å²) in [5.41, 5.74) is -0.222. The summed E-state index contributed by atoms with van der Waals surface area (Å²) in [4.78, 5) is 14.8. The molecular weight excluding hydrogens is 240 g/mol. The molecule has 4 heteroatoms. The van der Waals surface area contributed by atoms with Gasteiger partial charge in [-0.25, -0.2) is 0 Å². The molecule has 2 saturated heterocycles. The van der Waals surface area contributed by atoms with Crippen LogP contribution in [0.25, 0.3) is 0 Å². The van der Waals surface area contributed by atoms with Crippen LogP contribution in [0.3, 0.4) is 0 Å². The minimum atomic E-state index is -0.222. The van der Waals surface area contributed by atoms with Crippen LogP contribution in [0.4, 0.5) is 0 Å². The molecule has 3 atom stereocenters. The van der Waals surface area contributed by atoms with Crippen LogP contribution in [0, 0.1) is 5.92 Å². The Labute approximate surface area is 115 Å². The van der Waals surface area contributed by atoms with Gasteiger partial charge in [0.1, 0.15) is 0 Å². The highest BCUT2D eigenvalue weighted by Crippen LogP contribution is 2.37. The Hall–Kier alpha value is -0.610. The number of hydrogen-bond donors (Lipinski definition) is 1. The van der Waals surface area contributed by atoms with E-state index in [0.29, 0.717) is 17.9 Å². The fraction of sp³-hybridized carbons (Fsp3) is 0.933. The summed E-state index contributed by atoms with van der Waals surface area (Å²) in [6.45, 7) is 6.03. The van der Waals surface area contributed by atoms with Gasteiger partial charge in [-0.05, 0) is 32.6 Å². The minimum Gasteiger partial charge on any atom is -0.378 e. The van der Waals surface area contributed by atoms with E-state index in [1.807, 2.05) is 0 Å². The second kappa shape index (κ2) is 5.06. The van der Waals surface area contributed by atoms with Crippen molar-refractivity contribution in [2.24, 2.45) is 5.92 Å². The van der Waals surface area contributed by atoms with Gasteiger partial charge in [0.25, 0.3) is 0 Å². The second-order valence-electron chi connectivity index (χ2n) is 6.43. The summed E-state index contributed by atoms with van der Waals surface area (Å²) in [5.74, 6) is 0.869. The van der Waals surface area contributed by atoms with Crippen LogP contribution in [0.2, 0.25) is 0 Å². The molecule has 0 aromatic rings. The average molecular weight is 266 g/mol. The number of amides is 1. The first-order valence-electron chi connectivity index (χ1n) is 7.86. The monoisotopic (exact) mass is 266 g/mol. The third-order valence-corrected chi connectivity index (χ3v) is 5.26. The van der Waals surface area contributed by atoms with Crippen molar-refractivity contribution in [1.29, 1.82) is 0 Å². The lowest BCUT2D eigenvalue weighted by Gasteiger charge is -2.27. The van der Waals surface area contributed by atoms with E-state index in [1.54, 1.807) is 0 Å². The van der Waals surface area contributed by atoms with E-state index in [2.05, 4.69) is 24.1 Å². The Bertz CT molecular complexity index is 352.